The van der Waals surface area contributed by atoms with E-state index < -0.39 is 0 Å². The zero-order valence-corrected chi connectivity index (χ0v) is 15.2. The zero-order valence-electron chi connectivity index (χ0n) is 14.4. The molecule has 0 spiro atoms. The lowest BCUT2D eigenvalue weighted by Crippen LogP contribution is -2.37. The summed E-state index contributed by atoms with van der Waals surface area (Å²) in [6.45, 7) is 4.68. The van der Waals surface area contributed by atoms with Gasteiger partial charge in [0.1, 0.15) is 5.75 Å². The van der Waals surface area contributed by atoms with Gasteiger partial charge in [-0.05, 0) is 42.7 Å². The van der Waals surface area contributed by atoms with E-state index in [0.29, 0.717) is 6.54 Å². The van der Waals surface area contributed by atoms with Crippen molar-refractivity contribution in [3.05, 3.63) is 54.1 Å². The summed E-state index contributed by atoms with van der Waals surface area (Å²) in [4.78, 5) is 13.7. The van der Waals surface area contributed by atoms with Crippen LogP contribution in [0, 0.1) is 0 Å². The standard InChI is InChI=1S/C19H24N2O2.ClH/c1-4-21(19(22)13-20)14(2)15-8-10-16(11-9-15)17-6-5-7-18(12-17)23-3;/h5-12,14H,4,13,20H2,1-3H3;1H. The van der Waals surface area contributed by atoms with Crippen molar-refractivity contribution in [2.75, 3.05) is 20.2 Å². The molecule has 0 bridgehead atoms. The molecule has 2 rings (SSSR count). The fourth-order valence-corrected chi connectivity index (χ4v) is 2.72. The van der Waals surface area contributed by atoms with E-state index in [1.54, 1.807) is 12.0 Å². The number of hydrogen-bond acceptors (Lipinski definition) is 3. The van der Waals surface area contributed by atoms with E-state index in [1.807, 2.05) is 32.0 Å². The fraction of sp³-hybridized carbons (Fsp3) is 0.316. The van der Waals surface area contributed by atoms with Gasteiger partial charge in [0.15, 0.2) is 0 Å². The van der Waals surface area contributed by atoms with Crippen LogP contribution in [0.3, 0.4) is 0 Å². The number of carbonyl (C=O) groups is 1. The van der Waals surface area contributed by atoms with Crippen LogP contribution in [0.4, 0.5) is 0 Å². The van der Waals surface area contributed by atoms with Crippen molar-refractivity contribution in [1.29, 1.82) is 0 Å². The van der Waals surface area contributed by atoms with Gasteiger partial charge >= 0.3 is 0 Å². The number of hydrogen-bond donors (Lipinski definition) is 1. The molecule has 2 aromatic carbocycles. The Morgan fingerprint density at radius 3 is 2.38 bits per heavy atom. The lowest BCUT2D eigenvalue weighted by Gasteiger charge is -2.28. The number of carbonyl (C=O) groups excluding carboxylic acids is 1. The summed E-state index contributed by atoms with van der Waals surface area (Å²) in [5, 5.41) is 0. The van der Waals surface area contributed by atoms with E-state index in [1.165, 1.54) is 0 Å². The van der Waals surface area contributed by atoms with Gasteiger partial charge in [0.05, 0.1) is 19.7 Å². The van der Waals surface area contributed by atoms with Crippen LogP contribution in [-0.2, 0) is 4.79 Å². The quantitative estimate of drug-likeness (QED) is 0.866. The van der Waals surface area contributed by atoms with Crippen molar-refractivity contribution in [3.63, 3.8) is 0 Å². The van der Waals surface area contributed by atoms with E-state index >= 15 is 0 Å². The maximum absolute atomic E-state index is 11.9. The van der Waals surface area contributed by atoms with Crippen molar-refractivity contribution in [3.8, 4) is 16.9 Å². The van der Waals surface area contributed by atoms with Crippen LogP contribution in [0.25, 0.3) is 11.1 Å². The normalized spacial score (nSPS) is 11.3. The topological polar surface area (TPSA) is 55.6 Å². The molecule has 0 saturated carbocycles. The minimum atomic E-state index is -0.0307. The molecule has 0 aromatic heterocycles. The van der Waals surface area contributed by atoms with Gasteiger partial charge in [-0.15, -0.1) is 12.4 Å². The van der Waals surface area contributed by atoms with E-state index in [9.17, 15) is 4.79 Å². The number of benzene rings is 2. The highest BCUT2D eigenvalue weighted by Crippen LogP contribution is 2.27. The number of methoxy groups -OCH3 is 1. The first kappa shape index (κ1) is 20.0. The van der Waals surface area contributed by atoms with Crippen LogP contribution in [0.15, 0.2) is 48.5 Å². The lowest BCUT2D eigenvalue weighted by atomic mass is 10.0. The summed E-state index contributed by atoms with van der Waals surface area (Å²) < 4.78 is 5.27. The molecule has 0 saturated heterocycles. The zero-order chi connectivity index (χ0) is 16.8. The molecule has 2 aromatic rings. The molecule has 0 aliphatic rings. The van der Waals surface area contributed by atoms with Gasteiger partial charge in [0, 0.05) is 6.54 Å². The van der Waals surface area contributed by atoms with Crippen LogP contribution in [0.1, 0.15) is 25.5 Å². The molecule has 1 unspecified atom stereocenters. The van der Waals surface area contributed by atoms with Crippen LogP contribution in [-0.4, -0.2) is 31.0 Å². The summed E-state index contributed by atoms with van der Waals surface area (Å²) in [5.41, 5.74) is 8.81. The summed E-state index contributed by atoms with van der Waals surface area (Å²) in [7, 11) is 1.66. The van der Waals surface area contributed by atoms with Crippen molar-refractivity contribution in [2.45, 2.75) is 19.9 Å². The highest BCUT2D eigenvalue weighted by Gasteiger charge is 2.18. The molecule has 130 valence electrons. The number of likely N-dealkylation sites (N-methyl/N-ethyl adjacent to an activating group) is 1. The predicted molar refractivity (Wildman–Crippen MR) is 101 cm³/mol. The van der Waals surface area contributed by atoms with Crippen LogP contribution >= 0.6 is 12.4 Å². The molecule has 0 fully saturated rings. The van der Waals surface area contributed by atoms with E-state index in [-0.39, 0.29) is 30.9 Å². The highest BCUT2D eigenvalue weighted by atomic mass is 35.5. The number of amides is 1. The number of nitrogens with zero attached hydrogens (tertiary/aromatic N) is 1. The van der Waals surface area contributed by atoms with E-state index in [0.717, 1.165) is 22.4 Å². The maximum atomic E-state index is 11.9. The van der Waals surface area contributed by atoms with Gasteiger partial charge in [0.25, 0.3) is 0 Å². The molecule has 0 aliphatic carbocycles. The minimum absolute atomic E-state index is 0. The van der Waals surface area contributed by atoms with Gasteiger partial charge in [-0.1, -0.05) is 36.4 Å². The van der Waals surface area contributed by atoms with Gasteiger partial charge in [-0.25, -0.2) is 0 Å². The molecular weight excluding hydrogens is 324 g/mol. The Morgan fingerprint density at radius 2 is 1.83 bits per heavy atom. The molecule has 1 amide bonds. The van der Waals surface area contributed by atoms with Crippen LogP contribution in [0.2, 0.25) is 0 Å². The predicted octanol–water partition coefficient (Wildman–Crippen LogP) is 3.65. The number of nitrogens with two attached hydrogens (primary N) is 1. The van der Waals surface area contributed by atoms with Crippen LogP contribution < -0.4 is 10.5 Å². The van der Waals surface area contributed by atoms with E-state index in [2.05, 4.69) is 30.3 Å². The second-order valence-electron chi connectivity index (χ2n) is 5.41. The average Bonchev–Trinajstić information content (AvgIpc) is 2.62. The SMILES string of the molecule is CCN(C(=O)CN)C(C)c1ccc(-c2cccc(OC)c2)cc1.Cl. The Hall–Kier alpha value is -2.04. The maximum Gasteiger partial charge on any atom is 0.236 e. The minimum Gasteiger partial charge on any atom is -0.497 e. The molecular formula is C19H25ClN2O2. The third kappa shape index (κ3) is 4.49. The summed E-state index contributed by atoms with van der Waals surface area (Å²) in [5.74, 6) is 0.808. The fourth-order valence-electron chi connectivity index (χ4n) is 2.72. The number of ether oxygens (including phenoxy) is 1. The lowest BCUT2D eigenvalue weighted by molar-refractivity contribution is -0.131. The molecule has 0 heterocycles. The first-order chi connectivity index (χ1) is 11.1. The average molecular weight is 349 g/mol. The van der Waals surface area contributed by atoms with Crippen LogP contribution in [0.5, 0.6) is 5.75 Å². The van der Waals surface area contributed by atoms with Gasteiger partial charge in [-0.2, -0.15) is 0 Å². The Kier molecular flexibility index (Phi) is 7.75. The van der Waals surface area contributed by atoms with Gasteiger partial charge < -0.3 is 15.4 Å². The Bertz CT molecular complexity index is 659. The summed E-state index contributed by atoms with van der Waals surface area (Å²) in [6.07, 6.45) is 0. The molecule has 24 heavy (non-hydrogen) atoms. The van der Waals surface area contributed by atoms with Gasteiger partial charge in [0.2, 0.25) is 5.91 Å². The van der Waals surface area contributed by atoms with Gasteiger partial charge in [-0.3, -0.25) is 4.79 Å². The first-order valence-electron chi connectivity index (χ1n) is 7.84. The van der Waals surface area contributed by atoms with Crippen molar-refractivity contribution in [2.24, 2.45) is 5.73 Å². The third-order valence-electron chi connectivity index (χ3n) is 4.10. The highest BCUT2D eigenvalue weighted by molar-refractivity contribution is 5.85. The molecule has 4 nitrogen and oxygen atoms in total. The monoisotopic (exact) mass is 348 g/mol. The van der Waals surface area contributed by atoms with Crippen molar-refractivity contribution in [1.82, 2.24) is 4.90 Å². The third-order valence-corrected chi connectivity index (χ3v) is 4.10. The Morgan fingerprint density at radius 1 is 1.17 bits per heavy atom. The number of rotatable bonds is 6. The Labute approximate surface area is 150 Å². The molecule has 0 aliphatic heterocycles. The Balaban J connectivity index is 0.00000288. The van der Waals surface area contributed by atoms with Crippen molar-refractivity contribution >= 4 is 18.3 Å². The first-order valence-corrected chi connectivity index (χ1v) is 7.84. The van der Waals surface area contributed by atoms with Crippen molar-refractivity contribution < 1.29 is 9.53 Å². The molecule has 5 heteroatoms. The largest absolute Gasteiger partial charge is 0.497 e. The number of halogens is 1. The summed E-state index contributed by atoms with van der Waals surface area (Å²) in [6, 6.07) is 16.2. The molecule has 0 radical (unpaired) electrons. The molecule has 1 atom stereocenters. The smallest absolute Gasteiger partial charge is 0.236 e. The summed E-state index contributed by atoms with van der Waals surface area (Å²) >= 11 is 0. The second kappa shape index (κ2) is 9.30. The van der Waals surface area contributed by atoms with E-state index in [4.69, 9.17) is 10.5 Å². The second-order valence-corrected chi connectivity index (χ2v) is 5.41. The molecule has 2 N–H and O–H groups in total.